The van der Waals surface area contributed by atoms with Crippen LogP contribution in [0.1, 0.15) is 13.3 Å². The smallest absolute Gasteiger partial charge is 0.291 e. The van der Waals surface area contributed by atoms with Crippen molar-refractivity contribution in [2.45, 2.75) is 19.9 Å². The summed E-state index contributed by atoms with van der Waals surface area (Å²) in [4.78, 5) is 24.8. The summed E-state index contributed by atoms with van der Waals surface area (Å²) in [5, 5.41) is 0.407. The van der Waals surface area contributed by atoms with Gasteiger partial charge in [0, 0.05) is 43.8 Å². The van der Waals surface area contributed by atoms with E-state index in [9.17, 15) is 9.59 Å². The van der Waals surface area contributed by atoms with Crippen LogP contribution in [-0.2, 0) is 11.3 Å². The van der Waals surface area contributed by atoms with Crippen LogP contribution >= 0.6 is 11.8 Å². The molecule has 0 atom stereocenters. The summed E-state index contributed by atoms with van der Waals surface area (Å²) in [7, 11) is 0. The van der Waals surface area contributed by atoms with Gasteiger partial charge in [0.05, 0.1) is 16.6 Å². The number of aryl methyl sites for hydroxylation is 1. The highest BCUT2D eigenvalue weighted by Crippen LogP contribution is 2.16. The van der Waals surface area contributed by atoms with Crippen LogP contribution in [0.3, 0.4) is 0 Å². The topological polar surface area (TPSA) is 58.2 Å². The Kier molecular flexibility index (Phi) is 4.87. The Bertz CT molecular complexity index is 957. The normalized spacial score (nSPS) is 11.2. The van der Waals surface area contributed by atoms with Crippen LogP contribution in [0.5, 0.6) is 0 Å². The molecular formula is C17H18ClN3O3. The first-order valence-electron chi connectivity index (χ1n) is 7.81. The van der Waals surface area contributed by atoms with Crippen molar-refractivity contribution >= 4 is 22.7 Å². The Morgan fingerprint density at radius 2 is 1.92 bits per heavy atom. The number of ether oxygens (including phenoxy) is 1. The Morgan fingerprint density at radius 3 is 2.62 bits per heavy atom. The molecule has 6 nitrogen and oxygen atoms in total. The van der Waals surface area contributed by atoms with E-state index in [1.807, 2.05) is 37.3 Å². The molecule has 0 radical (unpaired) electrons. The van der Waals surface area contributed by atoms with Crippen molar-refractivity contribution in [3.63, 3.8) is 0 Å². The fraction of sp³-hybridized carbons (Fsp3) is 0.294. The standard InChI is InChI=1S/C17H18ClN3O3/c1-2-24-10-6-9-19-12-14-15(11-16(19)22)20(21(18)17(14)23)13-7-4-3-5-8-13/h3-5,7-8,11-12H,2,6,9-10H2,1H3. The van der Waals surface area contributed by atoms with Crippen molar-refractivity contribution in [3.05, 3.63) is 63.3 Å². The highest BCUT2D eigenvalue weighted by molar-refractivity contribution is 6.15. The van der Waals surface area contributed by atoms with Crippen LogP contribution in [-0.4, -0.2) is 26.7 Å². The van der Waals surface area contributed by atoms with Crippen molar-refractivity contribution < 1.29 is 4.74 Å². The number of aromatic nitrogens is 3. The molecule has 0 amide bonds. The van der Waals surface area contributed by atoms with Crippen LogP contribution < -0.4 is 11.1 Å². The van der Waals surface area contributed by atoms with Crippen LogP contribution in [0.2, 0.25) is 0 Å². The van der Waals surface area contributed by atoms with E-state index in [0.29, 0.717) is 42.8 Å². The van der Waals surface area contributed by atoms with Gasteiger partial charge in [0.2, 0.25) is 0 Å². The van der Waals surface area contributed by atoms with Crippen molar-refractivity contribution in [2.24, 2.45) is 0 Å². The number of fused-ring (bicyclic) bond motifs is 1. The third kappa shape index (κ3) is 3.02. The van der Waals surface area contributed by atoms with Gasteiger partial charge in [-0.15, -0.1) is 4.20 Å². The van der Waals surface area contributed by atoms with Crippen molar-refractivity contribution in [1.29, 1.82) is 0 Å². The zero-order valence-corrected chi connectivity index (χ0v) is 14.1. The Balaban J connectivity index is 2.08. The molecule has 0 bridgehead atoms. The average Bonchev–Trinajstić information content (AvgIpc) is 2.83. The van der Waals surface area contributed by atoms with Gasteiger partial charge in [0.1, 0.15) is 0 Å². The van der Waals surface area contributed by atoms with Gasteiger partial charge in [0.15, 0.2) is 0 Å². The molecule has 1 aromatic carbocycles. The number of hydrogen-bond donors (Lipinski definition) is 0. The molecule has 0 saturated carbocycles. The maximum Gasteiger partial charge on any atom is 0.291 e. The monoisotopic (exact) mass is 347 g/mol. The molecule has 0 aliphatic carbocycles. The Morgan fingerprint density at radius 1 is 1.17 bits per heavy atom. The molecule has 2 heterocycles. The van der Waals surface area contributed by atoms with Gasteiger partial charge < -0.3 is 9.30 Å². The molecule has 3 aromatic rings. The van der Waals surface area contributed by atoms with E-state index < -0.39 is 0 Å². The minimum absolute atomic E-state index is 0.175. The highest BCUT2D eigenvalue weighted by atomic mass is 35.5. The summed E-state index contributed by atoms with van der Waals surface area (Å²) in [5.74, 6) is 0. The van der Waals surface area contributed by atoms with Crippen molar-refractivity contribution in [2.75, 3.05) is 13.2 Å². The summed E-state index contributed by atoms with van der Waals surface area (Å²) >= 11 is 6.16. The van der Waals surface area contributed by atoms with Gasteiger partial charge in [0.25, 0.3) is 11.1 Å². The molecule has 7 heteroatoms. The molecule has 0 N–H and O–H groups in total. The molecule has 0 aliphatic heterocycles. The minimum Gasteiger partial charge on any atom is -0.382 e. The number of rotatable bonds is 6. The number of para-hydroxylation sites is 1. The minimum atomic E-state index is -0.353. The van der Waals surface area contributed by atoms with Gasteiger partial charge in [-0.25, -0.2) is 4.68 Å². The fourth-order valence-electron chi connectivity index (χ4n) is 2.65. The summed E-state index contributed by atoms with van der Waals surface area (Å²) in [6, 6.07) is 10.7. The van der Waals surface area contributed by atoms with E-state index >= 15 is 0 Å². The van der Waals surface area contributed by atoms with Crippen LogP contribution in [0.4, 0.5) is 0 Å². The SMILES string of the molecule is CCOCCCn1cc2c(=O)n(Cl)n(-c3ccccc3)c2cc1=O. The number of halogens is 1. The molecule has 2 aromatic heterocycles. The second kappa shape index (κ2) is 7.07. The van der Waals surface area contributed by atoms with E-state index in [0.717, 1.165) is 4.20 Å². The van der Waals surface area contributed by atoms with Gasteiger partial charge in [-0.3, -0.25) is 9.59 Å². The molecule has 24 heavy (non-hydrogen) atoms. The molecule has 126 valence electrons. The van der Waals surface area contributed by atoms with Crippen molar-refractivity contribution in [1.82, 2.24) is 13.4 Å². The maximum atomic E-state index is 12.4. The average molecular weight is 348 g/mol. The fourth-order valence-corrected chi connectivity index (χ4v) is 2.91. The third-order valence-electron chi connectivity index (χ3n) is 3.80. The van der Waals surface area contributed by atoms with E-state index in [2.05, 4.69) is 0 Å². The van der Waals surface area contributed by atoms with Gasteiger partial charge >= 0.3 is 0 Å². The predicted octanol–water partition coefficient (Wildman–Crippen LogP) is 2.38. The molecule has 0 aliphatic rings. The molecule has 0 spiro atoms. The number of nitrogens with zero attached hydrogens (tertiary/aromatic N) is 3. The Hall–Kier alpha value is -2.31. The van der Waals surface area contributed by atoms with Crippen LogP contribution in [0.25, 0.3) is 16.6 Å². The number of hydrogen-bond acceptors (Lipinski definition) is 3. The van der Waals surface area contributed by atoms with E-state index in [4.69, 9.17) is 16.5 Å². The Labute approximate surface area is 143 Å². The molecule has 0 fully saturated rings. The second-order valence-corrected chi connectivity index (χ2v) is 5.69. The third-order valence-corrected chi connectivity index (χ3v) is 4.10. The zero-order valence-electron chi connectivity index (χ0n) is 13.3. The van der Waals surface area contributed by atoms with Gasteiger partial charge in [-0.05, 0) is 25.5 Å². The van der Waals surface area contributed by atoms with E-state index in [1.54, 1.807) is 6.20 Å². The van der Waals surface area contributed by atoms with E-state index in [-0.39, 0.29) is 11.1 Å². The summed E-state index contributed by atoms with van der Waals surface area (Å²) in [5.41, 5.74) is 0.681. The predicted molar refractivity (Wildman–Crippen MR) is 94.2 cm³/mol. The lowest BCUT2D eigenvalue weighted by Crippen LogP contribution is -2.20. The first-order valence-corrected chi connectivity index (χ1v) is 8.15. The van der Waals surface area contributed by atoms with Crippen molar-refractivity contribution in [3.8, 4) is 5.69 Å². The quantitative estimate of drug-likeness (QED) is 0.643. The first kappa shape index (κ1) is 16.5. The first-order chi connectivity index (χ1) is 11.6. The lowest BCUT2D eigenvalue weighted by Gasteiger charge is -2.08. The van der Waals surface area contributed by atoms with Gasteiger partial charge in [-0.2, -0.15) is 0 Å². The largest absolute Gasteiger partial charge is 0.382 e. The molecular weight excluding hydrogens is 330 g/mol. The lowest BCUT2D eigenvalue weighted by molar-refractivity contribution is 0.141. The van der Waals surface area contributed by atoms with E-state index in [1.165, 1.54) is 15.3 Å². The highest BCUT2D eigenvalue weighted by Gasteiger charge is 2.15. The van der Waals surface area contributed by atoms with Crippen LogP contribution in [0, 0.1) is 0 Å². The van der Waals surface area contributed by atoms with Crippen LogP contribution in [0.15, 0.2) is 52.2 Å². The number of benzene rings is 1. The molecule has 0 saturated heterocycles. The maximum absolute atomic E-state index is 12.4. The summed E-state index contributed by atoms with van der Waals surface area (Å²) in [6.07, 6.45) is 2.28. The zero-order chi connectivity index (χ0) is 17.1. The second-order valence-electron chi connectivity index (χ2n) is 5.37. The molecule has 3 rings (SSSR count). The van der Waals surface area contributed by atoms with Gasteiger partial charge in [-0.1, -0.05) is 18.2 Å². The summed E-state index contributed by atoms with van der Waals surface area (Å²) < 4.78 is 9.34. The summed E-state index contributed by atoms with van der Waals surface area (Å²) in [6.45, 7) is 3.64. The number of pyridine rings is 1. The lowest BCUT2D eigenvalue weighted by atomic mass is 10.3. The molecule has 0 unspecified atom stereocenters.